The molecule has 0 spiro atoms. The van der Waals surface area contributed by atoms with Crippen LogP contribution in [0.2, 0.25) is 0 Å². The second-order valence-corrected chi connectivity index (χ2v) is 51.5. The molecule has 0 aliphatic rings. The number of rotatable bonds is 70. The van der Waals surface area contributed by atoms with E-state index in [2.05, 4.69) is 87.1 Å². The molecule has 8 heteroatoms. The smallest absolute Gasteiger partial charge is 0.112 e. The van der Waals surface area contributed by atoms with E-state index < -0.39 is 4.21 Å². The molecule has 0 N–H and O–H groups in total. The molecule has 0 atom stereocenters. The molecule has 0 aliphatic carbocycles. The van der Waals surface area contributed by atoms with Crippen LogP contribution in [0.1, 0.15) is 427 Å². The van der Waals surface area contributed by atoms with Crippen LogP contribution in [0.25, 0.3) is 0 Å². The Bertz CT molecular complexity index is 1010. The van der Waals surface area contributed by atoms with Crippen LogP contribution in [0.5, 0.6) is 0 Å². The van der Waals surface area contributed by atoms with E-state index in [-0.39, 0.29) is 5.53 Å². The van der Waals surface area contributed by atoms with Crippen LogP contribution in [-0.2, 0) is 0 Å². The topological polar surface area (TPSA) is 0 Å². The molecule has 0 nitrogen and oxygen atoms in total. The van der Waals surface area contributed by atoms with Crippen molar-refractivity contribution in [3.8, 4) is 0 Å². The minimum Gasteiger partial charge on any atom is -0.112 e. The van der Waals surface area contributed by atoms with Gasteiger partial charge in [0, 0.05) is 0 Å². The normalized spacial score (nSPS) is 12.4. The van der Waals surface area contributed by atoms with Gasteiger partial charge in [-0.15, -0.1) is 34.1 Å². The van der Waals surface area contributed by atoms with Crippen molar-refractivity contribution in [3.63, 3.8) is 0 Å². The molecule has 0 aromatic heterocycles. The summed E-state index contributed by atoms with van der Waals surface area (Å²) < 4.78 is -2.21. The molecule has 0 heterocycles. The van der Waals surface area contributed by atoms with Crippen molar-refractivity contribution in [2.45, 2.75) is 427 Å². The summed E-state index contributed by atoms with van der Waals surface area (Å²) in [5, 5.41) is 0. The van der Waals surface area contributed by atoms with Gasteiger partial charge >= 0.3 is 265 Å². The molecule has 0 radical (unpaired) electrons. The number of thiol groups is 2. The molecule has 0 fully saturated rings. The zero-order valence-electron chi connectivity index (χ0n) is 56.1. The first-order valence-electron chi connectivity index (χ1n) is 37.2. The molecule has 0 aliphatic heterocycles. The monoisotopic (exact) mass is 1270 g/mol. The Hall–Kier alpha value is 2.96. The average molecular weight is 1270 g/mol. The van der Waals surface area contributed by atoms with E-state index in [0.29, 0.717) is 0 Å². The van der Waals surface area contributed by atoms with Crippen LogP contribution >= 0.6 is 79.8 Å². The Balaban J connectivity index is 0. The van der Waals surface area contributed by atoms with E-state index >= 15 is 0 Å². The number of unbranched alkanes of at least 4 members (excludes halogenated alkanes) is 54. The minimum absolute atomic E-state index is 0.0804. The Kier molecular flexibility index (Phi) is 77.3. The van der Waals surface area contributed by atoms with Crippen molar-refractivity contribution < 1.29 is 0 Å². The molecule has 0 aromatic carbocycles. The summed E-state index contributed by atoms with van der Waals surface area (Å²) in [6.07, 6.45) is 88.9. The summed E-state index contributed by atoms with van der Waals surface area (Å²) in [4.78, 5) is 0. The fourth-order valence-corrected chi connectivity index (χ4v) is 31.4. The summed E-state index contributed by atoms with van der Waals surface area (Å²) >= 11 is 20.3. The molecule has 80 heavy (non-hydrogen) atoms. The molecule has 0 bridgehead atoms. The predicted octanol–water partition coefficient (Wildman–Crippen LogP) is 31.8. The van der Waals surface area contributed by atoms with Gasteiger partial charge in [-0.25, -0.2) is 0 Å². The fourth-order valence-electron chi connectivity index (χ4n) is 11.2. The number of hydrogen-bond acceptors (Lipinski definition) is 6. The first-order chi connectivity index (χ1) is 39.3. The minimum atomic E-state index is -2.21. The van der Waals surface area contributed by atoms with Gasteiger partial charge in [0.15, 0.2) is 0 Å². The van der Waals surface area contributed by atoms with E-state index in [4.69, 9.17) is 24.5 Å². The third kappa shape index (κ3) is 71.7. The zero-order chi connectivity index (χ0) is 58.5. The van der Waals surface area contributed by atoms with Crippen LogP contribution in [-0.4, -0.2) is 35.3 Å². The van der Waals surface area contributed by atoms with Gasteiger partial charge in [-0.3, -0.25) is 0 Å². The van der Waals surface area contributed by atoms with Crippen LogP contribution in [0.4, 0.5) is 0 Å². The maximum absolute atomic E-state index is 5.51. The van der Waals surface area contributed by atoms with Crippen molar-refractivity contribution >= 4 is 79.8 Å². The first kappa shape index (κ1) is 85.0. The van der Waals surface area contributed by atoms with Crippen LogP contribution in [0.15, 0.2) is 0 Å². The molecule has 0 amide bonds. The third-order valence-corrected chi connectivity index (χ3v) is 39.6. The van der Waals surface area contributed by atoms with Crippen molar-refractivity contribution in [3.05, 3.63) is 0 Å². The van der Waals surface area contributed by atoms with E-state index in [1.165, 1.54) is 421 Å². The number of hydrogen-bond donors (Lipinski definition) is 2. The zero-order valence-corrected chi connectivity index (χ0v) is 62.9. The average Bonchev–Trinajstić information content (AvgIpc) is 3.45. The molecule has 0 unspecified atom stereocenters. The summed E-state index contributed by atoms with van der Waals surface area (Å²) in [5.74, 6) is 5.53. The Morgan fingerprint density at radius 1 is 0.200 bits per heavy atom. The second-order valence-electron chi connectivity index (χ2n) is 25.4. The van der Waals surface area contributed by atoms with E-state index in [1.807, 2.05) is 0 Å². The van der Waals surface area contributed by atoms with Gasteiger partial charge in [0.1, 0.15) is 0 Å². The van der Waals surface area contributed by atoms with Crippen molar-refractivity contribution in [1.29, 1.82) is 0 Å². The molecular formula is C72H152P2S6. The van der Waals surface area contributed by atoms with Crippen molar-refractivity contribution in [1.82, 2.24) is 0 Å². The Morgan fingerprint density at radius 3 is 0.537 bits per heavy atom. The summed E-state index contributed by atoms with van der Waals surface area (Å²) in [6.45, 7) is 13.9. The summed E-state index contributed by atoms with van der Waals surface area (Å²) in [6, 6.07) is 0. The SMILES string of the molecule is CCCCCCCCCCCCSP(S)(S)(CCCCCCCCCCCC)CCCCCCCCCCCC.CCCCCCCCCCCCSP(SCCCCCCCCCCCC)SCCCCCCCCCCCC. The predicted molar refractivity (Wildman–Crippen MR) is 402 cm³/mol. The van der Waals surface area contributed by atoms with Gasteiger partial charge in [0.25, 0.3) is 0 Å². The Morgan fingerprint density at radius 2 is 0.350 bits per heavy atom. The van der Waals surface area contributed by atoms with Crippen molar-refractivity contribution in [2.75, 3.05) is 35.3 Å². The van der Waals surface area contributed by atoms with Gasteiger partial charge in [0.05, 0.1) is 5.53 Å². The quantitative estimate of drug-likeness (QED) is 0.0354. The summed E-state index contributed by atoms with van der Waals surface area (Å²) in [7, 11) is 0. The third-order valence-electron chi connectivity index (χ3n) is 16.9. The second kappa shape index (κ2) is 72.7. The van der Waals surface area contributed by atoms with Gasteiger partial charge in [-0.05, 0) is 36.5 Å². The van der Waals surface area contributed by atoms with Gasteiger partial charge < -0.3 is 0 Å². The molecule has 0 saturated heterocycles. The van der Waals surface area contributed by atoms with E-state index in [9.17, 15) is 0 Å². The first-order valence-corrected chi connectivity index (χ1v) is 49.8. The van der Waals surface area contributed by atoms with Crippen molar-refractivity contribution in [2.24, 2.45) is 0 Å². The molecule has 0 rings (SSSR count). The van der Waals surface area contributed by atoms with Crippen LogP contribution < -0.4 is 0 Å². The standard InChI is InChI=1S/C36H75PS3.C36H77PS3/c1-4-7-10-13-16-19-22-25-28-31-34-38-37(39-35-32-29-26-23-20-17-14-11-8-5-2)40-36-33-30-27-24-21-18-15-12-9-6-3;1-4-7-10-13-16-19-22-25-28-31-34-37(38,39,35-32-29-26-23-20-17-14-11-8-5-2)40-36-33-30-27-24-21-18-15-12-9-6-3/h4-36H2,1-3H3;38-39H,4-36H2,1-3H3. The molecule has 0 aromatic rings. The van der Waals surface area contributed by atoms with E-state index in [1.54, 1.807) is 0 Å². The van der Waals surface area contributed by atoms with Gasteiger partial charge in [-0.1, -0.05) is 201 Å². The fraction of sp³-hybridized carbons (Fsp3) is 1.00. The van der Waals surface area contributed by atoms with E-state index in [0.717, 1.165) is 0 Å². The Labute approximate surface area is 537 Å². The molecule has 0 saturated carbocycles. The maximum atomic E-state index is 5.51. The van der Waals surface area contributed by atoms with Gasteiger partial charge in [-0.2, -0.15) is 0 Å². The summed E-state index contributed by atoms with van der Waals surface area (Å²) in [5.41, 5.74) is 0.0804. The molecule has 486 valence electrons. The van der Waals surface area contributed by atoms with Gasteiger partial charge in [0.2, 0.25) is 0 Å². The molecular weight excluding hydrogens is 1120 g/mol. The van der Waals surface area contributed by atoms with Crippen LogP contribution in [0, 0.1) is 0 Å². The van der Waals surface area contributed by atoms with Crippen LogP contribution in [0.3, 0.4) is 0 Å².